The molecule has 0 spiro atoms. The lowest BCUT2D eigenvalue weighted by atomic mass is 9.74. The van der Waals surface area contributed by atoms with E-state index < -0.39 is 17.7 Å². The Kier molecular flexibility index (Phi) is 8.28. The molecule has 1 fully saturated rings. The van der Waals surface area contributed by atoms with E-state index in [9.17, 15) is 9.59 Å². The van der Waals surface area contributed by atoms with Gasteiger partial charge in [-0.2, -0.15) is 0 Å². The summed E-state index contributed by atoms with van der Waals surface area (Å²) in [5.74, 6) is -0.949. The molecule has 0 saturated heterocycles. The van der Waals surface area contributed by atoms with Crippen LogP contribution in [0.2, 0.25) is 0 Å². The van der Waals surface area contributed by atoms with Crippen molar-refractivity contribution in [3.05, 3.63) is 23.8 Å². The Hall–Kier alpha value is -2.32. The van der Waals surface area contributed by atoms with Gasteiger partial charge in [0.15, 0.2) is 13.6 Å². The van der Waals surface area contributed by atoms with Crippen LogP contribution in [0.4, 0.5) is 0 Å². The summed E-state index contributed by atoms with van der Waals surface area (Å²) in [6.07, 6.45) is 1.72. The standard InChI is InChI=1S/C21H30O8/c1-14-10-17(8-9-21(14,28-15(2)22)29-16(3)23)19-7-6-18(26-12-24-4)11-20(19)27-13-25-5/h6-7,11,14,17H,8-10,12-13H2,1-5H3. The van der Waals surface area contributed by atoms with Crippen molar-refractivity contribution < 1.29 is 38.0 Å². The third-order valence-electron chi connectivity index (χ3n) is 4.96. The Labute approximate surface area is 171 Å². The minimum atomic E-state index is -1.23. The SMILES string of the molecule is COCOc1ccc(C2CCC(OC(C)=O)(OC(C)=O)C(C)C2)c(OCOC)c1. The first-order chi connectivity index (χ1) is 13.8. The lowest BCUT2D eigenvalue weighted by Gasteiger charge is -2.43. The van der Waals surface area contributed by atoms with E-state index in [4.69, 9.17) is 28.4 Å². The Bertz CT molecular complexity index is 686. The number of ether oxygens (including phenoxy) is 6. The number of esters is 2. The van der Waals surface area contributed by atoms with Crippen molar-refractivity contribution in [2.24, 2.45) is 5.92 Å². The molecule has 0 amide bonds. The Morgan fingerprint density at radius 1 is 1.03 bits per heavy atom. The fourth-order valence-electron chi connectivity index (χ4n) is 3.76. The maximum atomic E-state index is 11.6. The molecule has 1 aliphatic rings. The number of carbonyl (C=O) groups excluding carboxylic acids is 2. The maximum absolute atomic E-state index is 11.6. The summed E-state index contributed by atoms with van der Waals surface area (Å²) >= 11 is 0. The number of hydrogen-bond donors (Lipinski definition) is 0. The Morgan fingerprint density at radius 3 is 2.21 bits per heavy atom. The maximum Gasteiger partial charge on any atom is 0.305 e. The third-order valence-corrected chi connectivity index (χ3v) is 4.96. The van der Waals surface area contributed by atoms with Gasteiger partial charge in [-0.15, -0.1) is 0 Å². The first kappa shape index (κ1) is 23.0. The van der Waals surface area contributed by atoms with E-state index in [0.717, 1.165) is 5.56 Å². The van der Waals surface area contributed by atoms with E-state index in [2.05, 4.69) is 0 Å². The van der Waals surface area contributed by atoms with Crippen LogP contribution in [0, 0.1) is 5.92 Å². The van der Waals surface area contributed by atoms with Crippen molar-refractivity contribution in [1.29, 1.82) is 0 Å². The van der Waals surface area contributed by atoms with Crippen molar-refractivity contribution in [3.63, 3.8) is 0 Å². The van der Waals surface area contributed by atoms with Crippen LogP contribution in [0.25, 0.3) is 0 Å². The molecule has 0 N–H and O–H groups in total. The van der Waals surface area contributed by atoms with E-state index in [1.165, 1.54) is 13.8 Å². The predicted octanol–water partition coefficient (Wildman–Crippen LogP) is 3.38. The highest BCUT2D eigenvalue weighted by Gasteiger charge is 2.47. The summed E-state index contributed by atoms with van der Waals surface area (Å²) in [5.41, 5.74) is 0.998. The van der Waals surface area contributed by atoms with Gasteiger partial charge >= 0.3 is 11.9 Å². The van der Waals surface area contributed by atoms with Gasteiger partial charge in [-0.1, -0.05) is 13.0 Å². The minimum absolute atomic E-state index is 0.105. The van der Waals surface area contributed by atoms with Crippen molar-refractivity contribution >= 4 is 11.9 Å². The molecule has 2 unspecified atom stereocenters. The average Bonchev–Trinajstić information content (AvgIpc) is 2.66. The van der Waals surface area contributed by atoms with E-state index in [-0.39, 0.29) is 25.4 Å². The molecule has 1 aromatic rings. The van der Waals surface area contributed by atoms with Gasteiger partial charge in [-0.3, -0.25) is 9.59 Å². The van der Waals surface area contributed by atoms with E-state index >= 15 is 0 Å². The zero-order valence-corrected chi connectivity index (χ0v) is 17.7. The molecule has 1 saturated carbocycles. The minimum Gasteiger partial charge on any atom is -0.467 e. The van der Waals surface area contributed by atoms with E-state index in [1.807, 2.05) is 19.1 Å². The van der Waals surface area contributed by atoms with Gasteiger partial charge in [0.05, 0.1) is 0 Å². The molecular weight excluding hydrogens is 380 g/mol. The highest BCUT2D eigenvalue weighted by molar-refractivity contribution is 5.69. The molecule has 29 heavy (non-hydrogen) atoms. The van der Waals surface area contributed by atoms with Gasteiger partial charge < -0.3 is 28.4 Å². The molecule has 0 heterocycles. The van der Waals surface area contributed by atoms with Crippen molar-refractivity contribution in [3.8, 4) is 11.5 Å². The highest BCUT2D eigenvalue weighted by Crippen LogP contribution is 2.47. The molecule has 0 radical (unpaired) electrons. The zero-order valence-electron chi connectivity index (χ0n) is 17.7. The fraction of sp³-hybridized carbons (Fsp3) is 0.619. The molecule has 1 aromatic carbocycles. The summed E-state index contributed by atoms with van der Waals surface area (Å²) < 4.78 is 32.2. The van der Waals surface area contributed by atoms with Gasteiger partial charge in [0, 0.05) is 46.5 Å². The van der Waals surface area contributed by atoms with Crippen LogP contribution in [-0.2, 0) is 28.5 Å². The fourth-order valence-corrected chi connectivity index (χ4v) is 3.76. The molecule has 8 heteroatoms. The predicted molar refractivity (Wildman–Crippen MR) is 103 cm³/mol. The summed E-state index contributed by atoms with van der Waals surface area (Å²) in [6, 6.07) is 5.62. The van der Waals surface area contributed by atoms with Gasteiger partial charge in [0.2, 0.25) is 0 Å². The topological polar surface area (TPSA) is 89.5 Å². The van der Waals surface area contributed by atoms with Crippen LogP contribution < -0.4 is 9.47 Å². The molecule has 0 aliphatic heterocycles. The molecule has 1 aliphatic carbocycles. The largest absolute Gasteiger partial charge is 0.467 e. The second kappa shape index (κ2) is 10.5. The molecule has 0 bridgehead atoms. The van der Waals surface area contributed by atoms with E-state index in [0.29, 0.717) is 30.8 Å². The summed E-state index contributed by atoms with van der Waals surface area (Å²) in [5, 5.41) is 0. The Morgan fingerprint density at radius 2 is 1.66 bits per heavy atom. The van der Waals surface area contributed by atoms with Crippen LogP contribution in [0.3, 0.4) is 0 Å². The molecule has 162 valence electrons. The molecular formula is C21H30O8. The molecule has 2 atom stereocenters. The van der Waals surface area contributed by atoms with Crippen molar-refractivity contribution in [1.82, 2.24) is 0 Å². The highest BCUT2D eigenvalue weighted by atomic mass is 16.7. The molecule has 0 aromatic heterocycles. The van der Waals surface area contributed by atoms with Gasteiger partial charge in [-0.05, 0) is 30.4 Å². The van der Waals surface area contributed by atoms with Crippen molar-refractivity contribution in [2.75, 3.05) is 27.8 Å². The number of hydrogen-bond acceptors (Lipinski definition) is 8. The quantitative estimate of drug-likeness (QED) is 0.452. The van der Waals surface area contributed by atoms with Gasteiger partial charge in [-0.25, -0.2) is 0 Å². The number of methoxy groups -OCH3 is 2. The second-order valence-electron chi connectivity index (χ2n) is 7.17. The lowest BCUT2D eigenvalue weighted by molar-refractivity contribution is -0.254. The average molecular weight is 410 g/mol. The van der Waals surface area contributed by atoms with Crippen molar-refractivity contribution in [2.45, 2.75) is 51.7 Å². The smallest absolute Gasteiger partial charge is 0.305 e. The first-order valence-electron chi connectivity index (χ1n) is 9.58. The number of rotatable bonds is 9. The lowest BCUT2D eigenvalue weighted by Crippen LogP contribution is -2.48. The summed E-state index contributed by atoms with van der Waals surface area (Å²) in [7, 11) is 3.11. The molecule has 8 nitrogen and oxygen atoms in total. The van der Waals surface area contributed by atoms with Gasteiger partial charge in [0.1, 0.15) is 11.5 Å². The van der Waals surface area contributed by atoms with E-state index in [1.54, 1.807) is 20.3 Å². The zero-order chi connectivity index (χ0) is 21.4. The number of benzene rings is 1. The normalized spacial score (nSPS) is 20.6. The van der Waals surface area contributed by atoms with Crippen LogP contribution >= 0.6 is 0 Å². The van der Waals surface area contributed by atoms with Crippen LogP contribution in [0.15, 0.2) is 18.2 Å². The Balaban J connectivity index is 2.24. The van der Waals surface area contributed by atoms with Gasteiger partial charge in [0.25, 0.3) is 5.79 Å². The summed E-state index contributed by atoms with van der Waals surface area (Å²) in [6.45, 7) is 4.80. The van der Waals surface area contributed by atoms with Crippen LogP contribution in [0.5, 0.6) is 11.5 Å². The van der Waals surface area contributed by atoms with Crippen LogP contribution in [-0.4, -0.2) is 45.5 Å². The number of carbonyl (C=O) groups is 2. The summed E-state index contributed by atoms with van der Waals surface area (Å²) in [4.78, 5) is 23.2. The first-order valence-corrected chi connectivity index (χ1v) is 9.58. The third kappa shape index (κ3) is 6.08. The second-order valence-corrected chi connectivity index (χ2v) is 7.17. The molecule has 2 rings (SSSR count). The monoisotopic (exact) mass is 410 g/mol. The van der Waals surface area contributed by atoms with Crippen LogP contribution in [0.1, 0.15) is 51.5 Å².